The van der Waals surface area contributed by atoms with Gasteiger partial charge in [-0.15, -0.1) is 4.37 Å². The third-order valence-corrected chi connectivity index (χ3v) is 4.84. The van der Waals surface area contributed by atoms with Gasteiger partial charge in [-0.05, 0) is 37.8 Å². The highest BCUT2D eigenvalue weighted by Crippen LogP contribution is 2.31. The molecule has 1 aromatic heterocycles. The van der Waals surface area contributed by atoms with E-state index in [4.69, 9.17) is 4.74 Å². The molecule has 2 heterocycles. The zero-order valence-electron chi connectivity index (χ0n) is 12.2. The second kappa shape index (κ2) is 6.68. The summed E-state index contributed by atoms with van der Waals surface area (Å²) in [4.78, 5) is 2.31. The molecule has 1 aliphatic heterocycles. The second-order valence-electron chi connectivity index (χ2n) is 5.96. The van der Waals surface area contributed by atoms with Crippen LogP contribution in [0.5, 0.6) is 5.88 Å². The molecule has 1 aromatic rings. The number of nitrogens with zero attached hydrogens (tertiary/aromatic N) is 3. The number of ether oxygens (including phenoxy) is 1. The molecule has 0 atom stereocenters. The van der Waals surface area contributed by atoms with Crippen molar-refractivity contribution >= 4 is 17.3 Å². The van der Waals surface area contributed by atoms with Crippen LogP contribution in [-0.2, 0) is 0 Å². The van der Waals surface area contributed by atoms with Crippen LogP contribution in [-0.4, -0.2) is 40.4 Å². The van der Waals surface area contributed by atoms with Crippen molar-refractivity contribution in [2.45, 2.75) is 38.5 Å². The van der Waals surface area contributed by atoms with Crippen LogP contribution < -0.4 is 4.74 Å². The molecule has 0 bridgehead atoms. The molecule has 0 spiro atoms. The van der Waals surface area contributed by atoms with E-state index in [1.165, 1.54) is 43.0 Å². The van der Waals surface area contributed by atoms with Crippen molar-refractivity contribution in [2.24, 2.45) is 5.92 Å². The molecule has 1 aliphatic carbocycles. The van der Waals surface area contributed by atoms with Crippen molar-refractivity contribution in [1.82, 2.24) is 13.6 Å². The molecular weight excluding hydrogens is 270 g/mol. The standard InChI is InChI=1S/C15H23N3OS/c1-18-9-3-8-13(11-18)14-15(17-20-16-14)19-10-4-7-12-5-2-6-12/h8,12H,2-7,9-11H2,1H3. The minimum Gasteiger partial charge on any atom is -0.475 e. The molecule has 20 heavy (non-hydrogen) atoms. The van der Waals surface area contributed by atoms with E-state index >= 15 is 0 Å². The van der Waals surface area contributed by atoms with E-state index in [2.05, 4.69) is 26.8 Å². The van der Waals surface area contributed by atoms with Crippen LogP contribution in [0, 0.1) is 5.92 Å². The Morgan fingerprint density at radius 3 is 3.05 bits per heavy atom. The molecule has 0 saturated heterocycles. The summed E-state index contributed by atoms with van der Waals surface area (Å²) in [6.45, 7) is 2.85. The summed E-state index contributed by atoms with van der Waals surface area (Å²) in [5.41, 5.74) is 2.23. The molecule has 1 fully saturated rings. The second-order valence-corrected chi connectivity index (χ2v) is 6.49. The number of hydrogen-bond donors (Lipinski definition) is 0. The van der Waals surface area contributed by atoms with Crippen molar-refractivity contribution in [2.75, 3.05) is 26.7 Å². The lowest BCUT2D eigenvalue weighted by Gasteiger charge is -2.25. The molecule has 0 aromatic carbocycles. The zero-order valence-corrected chi connectivity index (χ0v) is 13.0. The summed E-state index contributed by atoms with van der Waals surface area (Å²) >= 11 is 1.26. The first kappa shape index (κ1) is 14.0. The van der Waals surface area contributed by atoms with E-state index in [0.717, 1.165) is 50.0 Å². The number of hydrogen-bond acceptors (Lipinski definition) is 5. The van der Waals surface area contributed by atoms with Gasteiger partial charge in [-0.1, -0.05) is 25.3 Å². The molecule has 0 amide bonds. The topological polar surface area (TPSA) is 38.2 Å². The van der Waals surface area contributed by atoms with Crippen LogP contribution in [0.25, 0.3) is 5.57 Å². The molecule has 1 saturated carbocycles. The third-order valence-electron chi connectivity index (χ3n) is 4.32. The van der Waals surface area contributed by atoms with Gasteiger partial charge in [0.25, 0.3) is 5.88 Å². The maximum Gasteiger partial charge on any atom is 0.253 e. The van der Waals surface area contributed by atoms with Gasteiger partial charge in [0.15, 0.2) is 0 Å². The van der Waals surface area contributed by atoms with Crippen molar-refractivity contribution in [3.63, 3.8) is 0 Å². The fraction of sp³-hybridized carbons (Fsp3) is 0.733. The molecule has 0 unspecified atom stereocenters. The Kier molecular flexibility index (Phi) is 4.68. The zero-order chi connectivity index (χ0) is 13.8. The number of rotatable bonds is 6. The van der Waals surface area contributed by atoms with Gasteiger partial charge in [0.05, 0.1) is 18.3 Å². The normalized spacial score (nSPS) is 20.6. The van der Waals surface area contributed by atoms with E-state index in [9.17, 15) is 0 Å². The summed E-state index contributed by atoms with van der Waals surface area (Å²) in [5.74, 6) is 1.70. The Bertz CT molecular complexity index is 467. The first-order valence-electron chi connectivity index (χ1n) is 7.66. The van der Waals surface area contributed by atoms with Gasteiger partial charge in [0.1, 0.15) is 5.69 Å². The summed E-state index contributed by atoms with van der Waals surface area (Å²) in [6.07, 6.45) is 10.1. The minimum absolute atomic E-state index is 0.741. The van der Waals surface area contributed by atoms with Gasteiger partial charge < -0.3 is 9.64 Å². The van der Waals surface area contributed by atoms with Gasteiger partial charge >= 0.3 is 0 Å². The lowest BCUT2D eigenvalue weighted by Crippen LogP contribution is -2.25. The van der Waals surface area contributed by atoms with Crippen LogP contribution in [0.1, 0.15) is 44.2 Å². The van der Waals surface area contributed by atoms with Gasteiger partial charge in [0.2, 0.25) is 0 Å². The van der Waals surface area contributed by atoms with Gasteiger partial charge in [0, 0.05) is 13.1 Å². The Morgan fingerprint density at radius 1 is 1.40 bits per heavy atom. The van der Waals surface area contributed by atoms with Crippen molar-refractivity contribution < 1.29 is 4.74 Å². The highest BCUT2D eigenvalue weighted by molar-refractivity contribution is 6.99. The van der Waals surface area contributed by atoms with Crippen LogP contribution in [0.4, 0.5) is 0 Å². The van der Waals surface area contributed by atoms with Gasteiger partial charge in [-0.3, -0.25) is 0 Å². The highest BCUT2D eigenvalue weighted by Gasteiger charge is 2.19. The summed E-state index contributed by atoms with van der Waals surface area (Å²) < 4.78 is 14.6. The van der Waals surface area contributed by atoms with E-state index in [0.29, 0.717) is 0 Å². The van der Waals surface area contributed by atoms with E-state index in [1.54, 1.807) is 0 Å². The quantitative estimate of drug-likeness (QED) is 0.755. The maximum absolute atomic E-state index is 5.86. The predicted molar refractivity (Wildman–Crippen MR) is 82.1 cm³/mol. The molecule has 0 radical (unpaired) electrons. The highest BCUT2D eigenvalue weighted by atomic mass is 32.1. The molecular formula is C15H23N3OS. The molecule has 0 N–H and O–H groups in total. The molecule has 110 valence electrons. The van der Waals surface area contributed by atoms with Crippen LogP contribution >= 0.6 is 11.7 Å². The van der Waals surface area contributed by atoms with Crippen molar-refractivity contribution in [1.29, 1.82) is 0 Å². The summed E-state index contributed by atoms with van der Waals surface area (Å²) in [5, 5.41) is 0. The summed E-state index contributed by atoms with van der Waals surface area (Å²) in [7, 11) is 2.14. The molecule has 5 heteroatoms. The molecule has 2 aliphatic rings. The first-order valence-corrected chi connectivity index (χ1v) is 8.39. The monoisotopic (exact) mass is 293 g/mol. The van der Waals surface area contributed by atoms with E-state index in [1.807, 2.05) is 0 Å². The van der Waals surface area contributed by atoms with Crippen molar-refractivity contribution in [3.05, 3.63) is 11.8 Å². The van der Waals surface area contributed by atoms with Gasteiger partial charge in [-0.25, -0.2) is 0 Å². The van der Waals surface area contributed by atoms with Crippen LogP contribution in [0.15, 0.2) is 6.08 Å². The Morgan fingerprint density at radius 2 is 2.30 bits per heavy atom. The Hall–Kier alpha value is -0.940. The predicted octanol–water partition coefficient (Wildman–Crippen LogP) is 3.22. The summed E-state index contributed by atoms with van der Waals surface area (Å²) in [6, 6.07) is 0. The largest absolute Gasteiger partial charge is 0.475 e. The van der Waals surface area contributed by atoms with E-state index in [-0.39, 0.29) is 0 Å². The Balaban J connectivity index is 1.52. The number of aromatic nitrogens is 2. The SMILES string of the molecule is CN1CCC=C(c2nsnc2OCCCC2CCC2)C1. The lowest BCUT2D eigenvalue weighted by atomic mass is 9.82. The fourth-order valence-corrected chi connectivity index (χ4v) is 3.39. The maximum atomic E-state index is 5.86. The smallest absolute Gasteiger partial charge is 0.253 e. The third kappa shape index (κ3) is 3.38. The minimum atomic E-state index is 0.741. The van der Waals surface area contributed by atoms with Gasteiger partial charge in [-0.2, -0.15) is 4.37 Å². The molecule has 3 rings (SSSR count). The average molecular weight is 293 g/mol. The van der Waals surface area contributed by atoms with Crippen molar-refractivity contribution in [3.8, 4) is 5.88 Å². The Labute approximate surface area is 125 Å². The number of likely N-dealkylation sites (N-methyl/N-ethyl adjacent to an activating group) is 1. The molecule has 4 nitrogen and oxygen atoms in total. The van der Waals surface area contributed by atoms with Crippen LogP contribution in [0.2, 0.25) is 0 Å². The lowest BCUT2D eigenvalue weighted by molar-refractivity contribution is 0.243. The fourth-order valence-electron chi connectivity index (χ4n) is 2.86. The average Bonchev–Trinajstić information content (AvgIpc) is 2.85. The van der Waals surface area contributed by atoms with E-state index < -0.39 is 0 Å². The van der Waals surface area contributed by atoms with Crippen LogP contribution in [0.3, 0.4) is 0 Å². The first-order chi connectivity index (χ1) is 9.83.